The van der Waals surface area contributed by atoms with Crippen molar-refractivity contribution in [3.05, 3.63) is 44.8 Å². The van der Waals surface area contributed by atoms with Crippen molar-refractivity contribution < 1.29 is 14.8 Å². The maximum Gasteiger partial charge on any atom is 0.339 e. The summed E-state index contributed by atoms with van der Waals surface area (Å²) >= 11 is 1.44. The smallest absolute Gasteiger partial charge is 0.339 e. The molecule has 2 rings (SSSR count). The Bertz CT molecular complexity index is 597. The van der Waals surface area contributed by atoms with Gasteiger partial charge in [-0.15, -0.1) is 0 Å². The predicted octanol–water partition coefficient (Wildman–Crippen LogP) is 2.49. The van der Waals surface area contributed by atoms with Gasteiger partial charge in [-0.3, -0.25) is 10.1 Å². The van der Waals surface area contributed by atoms with E-state index in [4.69, 9.17) is 5.11 Å². The van der Waals surface area contributed by atoms with E-state index in [-0.39, 0.29) is 17.1 Å². The van der Waals surface area contributed by atoms with Crippen molar-refractivity contribution in [2.45, 2.75) is 0 Å². The van der Waals surface area contributed by atoms with E-state index in [1.54, 1.807) is 11.4 Å². The number of nitrogens with one attached hydrogen (secondary N) is 1. The van der Waals surface area contributed by atoms with E-state index in [1.165, 1.54) is 11.3 Å². The number of anilines is 2. The van der Waals surface area contributed by atoms with Crippen LogP contribution in [0.5, 0.6) is 0 Å². The van der Waals surface area contributed by atoms with Gasteiger partial charge in [0.05, 0.1) is 10.6 Å². The highest BCUT2D eigenvalue weighted by Gasteiger charge is 2.17. The van der Waals surface area contributed by atoms with Crippen LogP contribution in [0.1, 0.15) is 10.4 Å². The molecule has 2 aromatic heterocycles. The van der Waals surface area contributed by atoms with Crippen molar-refractivity contribution in [2.75, 3.05) is 5.32 Å². The summed E-state index contributed by atoms with van der Waals surface area (Å²) in [6.07, 6.45) is 1.02. The highest BCUT2D eigenvalue weighted by molar-refractivity contribution is 7.08. The molecule has 8 heteroatoms. The van der Waals surface area contributed by atoms with Gasteiger partial charge in [0, 0.05) is 11.4 Å². The van der Waals surface area contributed by atoms with Gasteiger partial charge in [-0.1, -0.05) is 0 Å². The number of pyridine rings is 1. The first-order chi connectivity index (χ1) is 8.58. The summed E-state index contributed by atoms with van der Waals surface area (Å²) in [5, 5.41) is 25.9. The lowest BCUT2D eigenvalue weighted by atomic mass is 10.2. The van der Waals surface area contributed by atoms with Crippen molar-refractivity contribution in [2.24, 2.45) is 0 Å². The average Bonchev–Trinajstić information content (AvgIpc) is 2.81. The van der Waals surface area contributed by atoms with Gasteiger partial charge in [-0.2, -0.15) is 11.3 Å². The van der Waals surface area contributed by atoms with Crippen molar-refractivity contribution >= 4 is 34.5 Å². The van der Waals surface area contributed by atoms with E-state index in [9.17, 15) is 14.9 Å². The molecule has 0 radical (unpaired) electrons. The minimum atomic E-state index is -1.27. The third-order valence-electron chi connectivity index (χ3n) is 2.10. The highest BCUT2D eigenvalue weighted by atomic mass is 32.1. The molecular formula is C10H7N3O4S. The summed E-state index contributed by atoms with van der Waals surface area (Å²) in [4.78, 5) is 24.7. The van der Waals surface area contributed by atoms with Gasteiger partial charge in [0.2, 0.25) is 0 Å². The number of nitrogens with zero attached hydrogens (tertiary/aromatic N) is 2. The van der Waals surface area contributed by atoms with Gasteiger partial charge >= 0.3 is 5.97 Å². The van der Waals surface area contributed by atoms with E-state index >= 15 is 0 Å². The number of carbonyl (C=O) groups is 1. The number of hydrogen-bond donors (Lipinski definition) is 2. The monoisotopic (exact) mass is 265 g/mol. The van der Waals surface area contributed by atoms with Crippen LogP contribution in [0, 0.1) is 10.1 Å². The Labute approximate surface area is 105 Å². The number of aromatic carboxylic acids is 1. The second kappa shape index (κ2) is 4.80. The van der Waals surface area contributed by atoms with Crippen molar-refractivity contribution in [1.29, 1.82) is 0 Å². The average molecular weight is 265 g/mol. The van der Waals surface area contributed by atoms with E-state index < -0.39 is 10.9 Å². The number of hydrogen-bond acceptors (Lipinski definition) is 6. The summed E-state index contributed by atoms with van der Waals surface area (Å²) < 4.78 is 0. The summed E-state index contributed by atoms with van der Waals surface area (Å²) in [6.45, 7) is 0. The van der Waals surface area contributed by atoms with Crippen LogP contribution in [0.15, 0.2) is 29.1 Å². The Morgan fingerprint density at radius 1 is 1.56 bits per heavy atom. The molecule has 2 aromatic rings. The van der Waals surface area contributed by atoms with Crippen LogP contribution in [0.2, 0.25) is 0 Å². The van der Waals surface area contributed by atoms with Crippen LogP contribution in [0.25, 0.3) is 0 Å². The number of rotatable bonds is 4. The predicted molar refractivity (Wildman–Crippen MR) is 65.5 cm³/mol. The molecule has 0 aromatic carbocycles. The molecule has 92 valence electrons. The van der Waals surface area contributed by atoms with Crippen LogP contribution in [0.3, 0.4) is 0 Å². The molecule has 0 spiro atoms. The van der Waals surface area contributed by atoms with Crippen LogP contribution < -0.4 is 5.32 Å². The minimum Gasteiger partial charge on any atom is -0.478 e. The molecule has 0 saturated carbocycles. The van der Waals surface area contributed by atoms with Crippen molar-refractivity contribution in [3.8, 4) is 0 Å². The van der Waals surface area contributed by atoms with Gasteiger partial charge in [-0.05, 0) is 11.4 Å². The van der Waals surface area contributed by atoms with Crippen LogP contribution in [0.4, 0.5) is 17.2 Å². The molecule has 0 saturated heterocycles. The third-order valence-corrected chi connectivity index (χ3v) is 2.78. The van der Waals surface area contributed by atoms with E-state index in [0.717, 1.165) is 12.3 Å². The first-order valence-electron chi connectivity index (χ1n) is 4.75. The van der Waals surface area contributed by atoms with Crippen LogP contribution in [-0.4, -0.2) is 21.0 Å². The summed E-state index contributed by atoms with van der Waals surface area (Å²) in [6, 6.07) is 2.73. The zero-order valence-corrected chi connectivity index (χ0v) is 9.68. The van der Waals surface area contributed by atoms with Gasteiger partial charge in [0.15, 0.2) is 0 Å². The molecule has 2 N–H and O–H groups in total. The third kappa shape index (κ3) is 2.43. The van der Waals surface area contributed by atoms with Crippen molar-refractivity contribution in [1.82, 2.24) is 4.98 Å². The van der Waals surface area contributed by atoms with E-state index in [2.05, 4.69) is 10.3 Å². The molecule has 0 amide bonds. The van der Waals surface area contributed by atoms with E-state index in [1.807, 2.05) is 5.38 Å². The fraction of sp³-hybridized carbons (Fsp3) is 0. The molecule has 0 aliphatic carbocycles. The fourth-order valence-corrected chi connectivity index (χ4v) is 1.88. The molecule has 7 nitrogen and oxygen atoms in total. The first-order valence-corrected chi connectivity index (χ1v) is 5.69. The summed E-state index contributed by atoms with van der Waals surface area (Å²) in [7, 11) is 0. The van der Waals surface area contributed by atoms with Crippen LogP contribution >= 0.6 is 11.3 Å². The van der Waals surface area contributed by atoms with Gasteiger partial charge in [0.1, 0.15) is 17.6 Å². The molecule has 18 heavy (non-hydrogen) atoms. The Balaban J connectivity index is 2.40. The van der Waals surface area contributed by atoms with Gasteiger partial charge in [-0.25, -0.2) is 9.78 Å². The molecule has 0 aliphatic heterocycles. The molecule has 2 heterocycles. The summed E-state index contributed by atoms with van der Waals surface area (Å²) in [5.74, 6) is -1.20. The first kappa shape index (κ1) is 12.0. The molecular weight excluding hydrogens is 258 g/mol. The van der Waals surface area contributed by atoms with E-state index in [0.29, 0.717) is 5.69 Å². The standard InChI is InChI=1S/C10H7N3O4S/c14-10(15)8-3-7(13(16)17)4-11-9(8)12-6-1-2-18-5-6/h1-5H,(H,11,12)(H,14,15). The molecule has 0 aliphatic rings. The highest BCUT2D eigenvalue weighted by Crippen LogP contribution is 2.23. The second-order valence-electron chi connectivity index (χ2n) is 3.29. The Morgan fingerprint density at radius 3 is 2.89 bits per heavy atom. The van der Waals surface area contributed by atoms with Crippen molar-refractivity contribution in [3.63, 3.8) is 0 Å². The van der Waals surface area contributed by atoms with Gasteiger partial charge < -0.3 is 10.4 Å². The zero-order chi connectivity index (χ0) is 13.1. The van der Waals surface area contributed by atoms with Crippen LogP contribution in [-0.2, 0) is 0 Å². The SMILES string of the molecule is O=C(O)c1cc([N+](=O)[O-])cnc1Nc1ccsc1. The number of aromatic nitrogens is 1. The number of nitro groups is 1. The number of thiophene rings is 1. The topological polar surface area (TPSA) is 105 Å². The normalized spacial score (nSPS) is 10.0. The molecule has 0 bridgehead atoms. The Kier molecular flexibility index (Phi) is 3.20. The second-order valence-corrected chi connectivity index (χ2v) is 4.07. The quantitative estimate of drug-likeness (QED) is 0.649. The number of carboxylic acid groups (broad SMARTS) is 1. The van der Waals surface area contributed by atoms with Gasteiger partial charge in [0.25, 0.3) is 5.69 Å². The lowest BCUT2D eigenvalue weighted by molar-refractivity contribution is -0.385. The largest absolute Gasteiger partial charge is 0.478 e. The minimum absolute atomic E-state index is 0.0755. The Hall–Kier alpha value is -2.48. The maximum atomic E-state index is 11.0. The fourth-order valence-electron chi connectivity index (χ4n) is 1.29. The molecule has 0 fully saturated rings. The lowest BCUT2D eigenvalue weighted by Crippen LogP contribution is -2.05. The molecule has 0 atom stereocenters. The molecule has 0 unspecified atom stereocenters. The zero-order valence-electron chi connectivity index (χ0n) is 8.86. The summed E-state index contributed by atoms with van der Waals surface area (Å²) in [5.41, 5.74) is 0.0857. The Morgan fingerprint density at radius 2 is 2.33 bits per heavy atom. The maximum absolute atomic E-state index is 11.0. The number of carboxylic acids is 1. The lowest BCUT2D eigenvalue weighted by Gasteiger charge is -2.06.